The largest absolute Gasteiger partial charge is 0.378 e. The molecule has 0 aliphatic rings. The molecule has 0 fully saturated rings. The first-order valence-corrected chi connectivity index (χ1v) is 9.97. The molecular weight excluding hydrogens is 350 g/mol. The van der Waals surface area contributed by atoms with Gasteiger partial charge in [-0.1, -0.05) is 24.6 Å². The van der Waals surface area contributed by atoms with Crippen molar-refractivity contribution in [2.75, 3.05) is 34.8 Å². The van der Waals surface area contributed by atoms with Gasteiger partial charge in [0.25, 0.3) is 0 Å². The number of rotatable bonds is 7. The van der Waals surface area contributed by atoms with Crippen LogP contribution in [0.25, 0.3) is 0 Å². The second-order valence-corrected chi connectivity index (χ2v) is 8.35. The van der Waals surface area contributed by atoms with E-state index in [1.54, 1.807) is 31.2 Å². The van der Waals surface area contributed by atoms with Gasteiger partial charge in [0.1, 0.15) is 0 Å². The number of nitrogens with one attached hydrogen (secondary N) is 2. The molecule has 1 atom stereocenters. The van der Waals surface area contributed by atoms with Gasteiger partial charge in [0.2, 0.25) is 15.9 Å². The molecule has 0 bridgehead atoms. The quantitative estimate of drug-likeness (QED) is 0.779. The molecule has 2 rings (SSSR count). The molecule has 6 nitrogen and oxygen atoms in total. The van der Waals surface area contributed by atoms with Crippen molar-refractivity contribution in [1.29, 1.82) is 0 Å². The maximum Gasteiger partial charge on any atom is 0.233 e. The molecule has 1 amide bonds. The standard InChI is InChI=1S/C19H25N3O3S/c1-14-5-7-17(8-6-14)21-26(24,25)13-15(2)19(23)20-16-9-11-18(12-10-16)22(3)4/h5-12,15,21H,13H2,1-4H3,(H,20,23). The lowest BCUT2D eigenvalue weighted by Gasteiger charge is -2.15. The number of sulfonamides is 1. The van der Waals surface area contributed by atoms with Crippen LogP contribution in [0.1, 0.15) is 12.5 Å². The minimum absolute atomic E-state index is 0.289. The fourth-order valence-corrected chi connectivity index (χ4v) is 3.74. The van der Waals surface area contributed by atoms with Gasteiger partial charge < -0.3 is 10.2 Å². The Balaban J connectivity index is 1.95. The molecule has 0 aromatic heterocycles. The molecule has 2 N–H and O–H groups in total. The van der Waals surface area contributed by atoms with Gasteiger partial charge in [-0.05, 0) is 43.3 Å². The summed E-state index contributed by atoms with van der Waals surface area (Å²) in [6.07, 6.45) is 0. The van der Waals surface area contributed by atoms with Gasteiger partial charge >= 0.3 is 0 Å². The van der Waals surface area contributed by atoms with E-state index in [9.17, 15) is 13.2 Å². The van der Waals surface area contributed by atoms with Gasteiger partial charge in [-0.3, -0.25) is 9.52 Å². The van der Waals surface area contributed by atoms with E-state index in [4.69, 9.17) is 0 Å². The first kappa shape index (κ1) is 19.8. The van der Waals surface area contributed by atoms with E-state index >= 15 is 0 Å². The Labute approximate surface area is 155 Å². The average Bonchev–Trinajstić information content (AvgIpc) is 2.56. The van der Waals surface area contributed by atoms with Crippen molar-refractivity contribution in [3.63, 3.8) is 0 Å². The van der Waals surface area contributed by atoms with Gasteiger partial charge in [-0.15, -0.1) is 0 Å². The van der Waals surface area contributed by atoms with Gasteiger partial charge in [-0.2, -0.15) is 0 Å². The Hall–Kier alpha value is -2.54. The van der Waals surface area contributed by atoms with Crippen LogP contribution in [0, 0.1) is 12.8 Å². The SMILES string of the molecule is Cc1ccc(NS(=O)(=O)CC(C)C(=O)Nc2ccc(N(C)C)cc2)cc1. The summed E-state index contributed by atoms with van der Waals surface area (Å²) < 4.78 is 27.1. The number of aryl methyl sites for hydroxylation is 1. The molecule has 140 valence electrons. The van der Waals surface area contributed by atoms with Crippen molar-refractivity contribution in [2.45, 2.75) is 13.8 Å². The molecule has 0 saturated carbocycles. The Morgan fingerprint density at radius 1 is 1.00 bits per heavy atom. The highest BCUT2D eigenvalue weighted by Crippen LogP contribution is 2.17. The maximum atomic E-state index is 12.3. The first-order chi connectivity index (χ1) is 12.2. The molecule has 0 aliphatic heterocycles. The third kappa shape index (κ3) is 5.77. The Kier molecular flexibility index (Phi) is 6.26. The fraction of sp³-hybridized carbons (Fsp3) is 0.316. The number of amides is 1. The van der Waals surface area contributed by atoms with Gasteiger partial charge in [0, 0.05) is 31.2 Å². The average molecular weight is 375 g/mol. The van der Waals surface area contributed by atoms with Crippen LogP contribution in [0.3, 0.4) is 0 Å². The van der Waals surface area contributed by atoms with E-state index in [-0.39, 0.29) is 11.7 Å². The van der Waals surface area contributed by atoms with Crippen LogP contribution < -0.4 is 14.9 Å². The number of anilines is 3. The van der Waals surface area contributed by atoms with Crippen molar-refractivity contribution in [1.82, 2.24) is 0 Å². The van der Waals surface area contributed by atoms with Crippen molar-refractivity contribution in [2.24, 2.45) is 5.92 Å². The molecule has 1 unspecified atom stereocenters. The zero-order chi connectivity index (χ0) is 19.3. The van der Waals surface area contributed by atoms with E-state index in [2.05, 4.69) is 10.0 Å². The summed E-state index contributed by atoms with van der Waals surface area (Å²) in [5, 5.41) is 2.75. The van der Waals surface area contributed by atoms with E-state index in [1.807, 2.05) is 50.2 Å². The zero-order valence-corrected chi connectivity index (χ0v) is 16.3. The molecule has 0 saturated heterocycles. The van der Waals surface area contributed by atoms with Crippen LogP contribution in [0.2, 0.25) is 0 Å². The van der Waals surface area contributed by atoms with Gasteiger partial charge in [-0.25, -0.2) is 8.42 Å². The summed E-state index contributed by atoms with van der Waals surface area (Å²) in [5.74, 6) is -1.31. The number of hydrogen-bond acceptors (Lipinski definition) is 4. The van der Waals surface area contributed by atoms with E-state index in [1.165, 1.54) is 0 Å². The van der Waals surface area contributed by atoms with Crippen molar-refractivity contribution in [3.8, 4) is 0 Å². The van der Waals surface area contributed by atoms with Crippen molar-refractivity contribution < 1.29 is 13.2 Å². The monoisotopic (exact) mass is 375 g/mol. The highest BCUT2D eigenvalue weighted by atomic mass is 32.2. The van der Waals surface area contributed by atoms with Crippen LogP contribution >= 0.6 is 0 Å². The Morgan fingerprint density at radius 3 is 2.08 bits per heavy atom. The first-order valence-electron chi connectivity index (χ1n) is 8.32. The molecule has 2 aromatic rings. The minimum atomic E-state index is -3.62. The van der Waals surface area contributed by atoms with Crippen LogP contribution in [-0.2, 0) is 14.8 Å². The van der Waals surface area contributed by atoms with Gasteiger partial charge in [0.05, 0.1) is 11.7 Å². The molecule has 7 heteroatoms. The number of nitrogens with zero attached hydrogens (tertiary/aromatic N) is 1. The van der Waals surface area contributed by atoms with Crippen molar-refractivity contribution in [3.05, 3.63) is 54.1 Å². The second-order valence-electron chi connectivity index (χ2n) is 6.58. The number of carbonyl (C=O) groups excluding carboxylic acids is 1. The van der Waals surface area contributed by atoms with Crippen LogP contribution in [-0.4, -0.2) is 34.2 Å². The lowest BCUT2D eigenvalue weighted by atomic mass is 10.2. The van der Waals surface area contributed by atoms with E-state index < -0.39 is 15.9 Å². The van der Waals surface area contributed by atoms with E-state index in [0.717, 1.165) is 11.3 Å². The Morgan fingerprint density at radius 2 is 1.54 bits per heavy atom. The molecular formula is C19H25N3O3S. The molecule has 0 aliphatic carbocycles. The highest BCUT2D eigenvalue weighted by molar-refractivity contribution is 7.92. The topological polar surface area (TPSA) is 78.5 Å². The summed E-state index contributed by atoms with van der Waals surface area (Å²) in [6, 6.07) is 14.4. The lowest BCUT2D eigenvalue weighted by molar-refractivity contribution is -0.118. The lowest BCUT2D eigenvalue weighted by Crippen LogP contribution is -2.29. The summed E-state index contributed by atoms with van der Waals surface area (Å²) in [7, 11) is 0.245. The third-order valence-electron chi connectivity index (χ3n) is 3.89. The van der Waals surface area contributed by atoms with Crippen LogP contribution in [0.15, 0.2) is 48.5 Å². The Bertz CT molecular complexity index is 845. The summed E-state index contributed by atoms with van der Waals surface area (Å²) in [6.45, 7) is 3.52. The highest BCUT2D eigenvalue weighted by Gasteiger charge is 2.21. The minimum Gasteiger partial charge on any atom is -0.378 e. The van der Waals surface area contributed by atoms with Gasteiger partial charge in [0.15, 0.2) is 0 Å². The molecule has 2 aromatic carbocycles. The summed E-state index contributed by atoms with van der Waals surface area (Å²) >= 11 is 0. The third-order valence-corrected chi connectivity index (χ3v) is 5.38. The number of carbonyl (C=O) groups is 1. The predicted molar refractivity (Wildman–Crippen MR) is 107 cm³/mol. The van der Waals surface area contributed by atoms with E-state index in [0.29, 0.717) is 11.4 Å². The zero-order valence-electron chi connectivity index (χ0n) is 15.5. The maximum absolute atomic E-state index is 12.3. The summed E-state index contributed by atoms with van der Waals surface area (Å²) in [5.41, 5.74) is 3.18. The summed E-state index contributed by atoms with van der Waals surface area (Å²) in [4.78, 5) is 14.2. The molecule has 0 radical (unpaired) electrons. The number of benzene rings is 2. The number of hydrogen-bond donors (Lipinski definition) is 2. The molecule has 26 heavy (non-hydrogen) atoms. The second kappa shape index (κ2) is 8.23. The molecule has 0 heterocycles. The fourth-order valence-electron chi connectivity index (χ4n) is 2.36. The van der Waals surface area contributed by atoms with Crippen molar-refractivity contribution >= 4 is 33.0 Å². The predicted octanol–water partition coefficient (Wildman–Crippen LogP) is 3.08. The van der Waals surface area contributed by atoms with Crippen LogP contribution in [0.5, 0.6) is 0 Å². The molecule has 0 spiro atoms. The normalized spacial score (nSPS) is 12.3. The smallest absolute Gasteiger partial charge is 0.233 e. The van der Waals surface area contributed by atoms with Crippen LogP contribution in [0.4, 0.5) is 17.1 Å².